The van der Waals surface area contributed by atoms with E-state index >= 15 is 0 Å². The second-order valence-corrected chi connectivity index (χ2v) is 6.26. The molecule has 1 aliphatic rings. The minimum Gasteiger partial charge on any atom is -0.494 e. The molecule has 0 bridgehead atoms. The summed E-state index contributed by atoms with van der Waals surface area (Å²) >= 11 is 0. The zero-order chi connectivity index (χ0) is 18.4. The third-order valence-corrected chi connectivity index (χ3v) is 4.14. The van der Waals surface area contributed by atoms with E-state index in [0.29, 0.717) is 19.7 Å². The van der Waals surface area contributed by atoms with Crippen LogP contribution in [-0.4, -0.2) is 25.2 Å². The van der Waals surface area contributed by atoms with Crippen LogP contribution in [0.25, 0.3) is 0 Å². The van der Waals surface area contributed by atoms with Gasteiger partial charge in [-0.3, -0.25) is 0 Å². The first-order valence-electron chi connectivity index (χ1n) is 9.19. The molecule has 1 unspecified atom stereocenters. The fraction of sp³-hybridized carbons (Fsp3) is 0.450. The number of hydrogen-bond donors (Lipinski definition) is 2. The molecule has 1 aromatic carbocycles. The van der Waals surface area contributed by atoms with E-state index in [0.717, 1.165) is 41.7 Å². The van der Waals surface area contributed by atoms with Gasteiger partial charge in [-0.15, -0.1) is 24.0 Å². The summed E-state index contributed by atoms with van der Waals surface area (Å²) in [6, 6.07) is 7.96. The molecular formula is C20H28IN3O3. The molecule has 0 radical (unpaired) electrons. The van der Waals surface area contributed by atoms with Gasteiger partial charge in [-0.1, -0.05) is 0 Å². The Hall–Kier alpha value is -1.90. The summed E-state index contributed by atoms with van der Waals surface area (Å²) in [5.41, 5.74) is 2.23. The lowest BCUT2D eigenvalue weighted by atomic mass is 10.1. The highest BCUT2D eigenvalue weighted by Gasteiger charge is 2.21. The van der Waals surface area contributed by atoms with E-state index in [1.54, 1.807) is 6.26 Å². The largest absolute Gasteiger partial charge is 0.494 e. The van der Waals surface area contributed by atoms with Crippen LogP contribution in [0.2, 0.25) is 0 Å². The van der Waals surface area contributed by atoms with Crippen molar-refractivity contribution in [1.29, 1.82) is 0 Å². The van der Waals surface area contributed by atoms with Crippen LogP contribution in [0, 0.1) is 0 Å². The van der Waals surface area contributed by atoms with E-state index in [1.807, 2.05) is 26.0 Å². The lowest BCUT2D eigenvalue weighted by molar-refractivity contribution is 0.254. The van der Waals surface area contributed by atoms with E-state index in [9.17, 15) is 0 Å². The number of nitrogens with one attached hydrogen (secondary N) is 2. The fourth-order valence-electron chi connectivity index (χ4n) is 2.98. The SMILES string of the molecule is CCNC(=NCc1cc2c(cc1OCC)CC(C)O2)NCc1ccco1.I. The number of guanidine groups is 1. The molecule has 2 N–H and O–H groups in total. The summed E-state index contributed by atoms with van der Waals surface area (Å²) in [6.07, 6.45) is 2.80. The molecule has 0 spiro atoms. The molecule has 1 aliphatic heterocycles. The highest BCUT2D eigenvalue weighted by atomic mass is 127. The van der Waals surface area contributed by atoms with Crippen LogP contribution in [0.5, 0.6) is 11.5 Å². The van der Waals surface area contributed by atoms with Crippen LogP contribution in [0.3, 0.4) is 0 Å². The number of rotatable bonds is 7. The van der Waals surface area contributed by atoms with Gasteiger partial charge in [0.15, 0.2) is 5.96 Å². The van der Waals surface area contributed by atoms with Crippen molar-refractivity contribution in [2.24, 2.45) is 4.99 Å². The predicted octanol–water partition coefficient (Wildman–Crippen LogP) is 3.88. The Morgan fingerprint density at radius 1 is 1.30 bits per heavy atom. The number of furan rings is 1. The number of ether oxygens (including phenoxy) is 2. The Kier molecular flexibility index (Phi) is 8.27. The van der Waals surface area contributed by atoms with Gasteiger partial charge in [0.2, 0.25) is 0 Å². The van der Waals surface area contributed by atoms with Crippen LogP contribution in [0.15, 0.2) is 39.9 Å². The number of hydrogen-bond acceptors (Lipinski definition) is 4. The highest BCUT2D eigenvalue weighted by Crippen LogP contribution is 2.35. The molecule has 3 rings (SSSR count). The lowest BCUT2D eigenvalue weighted by Gasteiger charge is -2.13. The van der Waals surface area contributed by atoms with Crippen molar-refractivity contribution < 1.29 is 13.9 Å². The second kappa shape index (κ2) is 10.4. The molecule has 6 nitrogen and oxygen atoms in total. The molecule has 0 fully saturated rings. The fourth-order valence-corrected chi connectivity index (χ4v) is 2.98. The van der Waals surface area contributed by atoms with Gasteiger partial charge in [-0.05, 0) is 45.0 Å². The average Bonchev–Trinajstić information content (AvgIpc) is 3.25. The lowest BCUT2D eigenvalue weighted by Crippen LogP contribution is -2.36. The molecule has 2 aromatic rings. The van der Waals surface area contributed by atoms with Gasteiger partial charge >= 0.3 is 0 Å². The molecule has 0 saturated heterocycles. The van der Waals surface area contributed by atoms with E-state index in [1.165, 1.54) is 5.56 Å². The molecule has 2 heterocycles. The van der Waals surface area contributed by atoms with Crippen LogP contribution in [0.1, 0.15) is 37.7 Å². The Morgan fingerprint density at radius 2 is 2.15 bits per heavy atom. The van der Waals surface area contributed by atoms with Crippen molar-refractivity contribution in [3.8, 4) is 11.5 Å². The number of benzene rings is 1. The van der Waals surface area contributed by atoms with Gasteiger partial charge in [-0.25, -0.2) is 4.99 Å². The second-order valence-electron chi connectivity index (χ2n) is 6.26. The van der Waals surface area contributed by atoms with Crippen molar-refractivity contribution in [3.63, 3.8) is 0 Å². The van der Waals surface area contributed by atoms with Crippen molar-refractivity contribution in [2.45, 2.75) is 46.4 Å². The third-order valence-electron chi connectivity index (χ3n) is 4.14. The van der Waals surface area contributed by atoms with Gasteiger partial charge in [0.25, 0.3) is 0 Å². The van der Waals surface area contributed by atoms with Gasteiger partial charge in [0.1, 0.15) is 23.4 Å². The Labute approximate surface area is 177 Å². The van der Waals surface area contributed by atoms with Gasteiger partial charge < -0.3 is 24.5 Å². The van der Waals surface area contributed by atoms with Crippen molar-refractivity contribution >= 4 is 29.9 Å². The Bertz CT molecular complexity index is 747. The molecule has 148 valence electrons. The summed E-state index contributed by atoms with van der Waals surface area (Å²) in [4.78, 5) is 4.69. The standard InChI is InChI=1S/C20H27N3O3.HI/c1-4-21-20(23-13-17-7-6-8-25-17)22-12-16-11-19-15(9-14(3)26-19)10-18(16)24-5-2;/h6-8,10-11,14H,4-5,9,12-13H2,1-3H3,(H2,21,22,23);1H. The zero-order valence-electron chi connectivity index (χ0n) is 16.1. The molecule has 1 atom stereocenters. The molecule has 0 aliphatic carbocycles. The maximum Gasteiger partial charge on any atom is 0.191 e. The van der Waals surface area contributed by atoms with Gasteiger partial charge in [0.05, 0.1) is 26.0 Å². The maximum atomic E-state index is 5.88. The van der Waals surface area contributed by atoms with E-state index < -0.39 is 0 Å². The smallest absolute Gasteiger partial charge is 0.191 e. The Morgan fingerprint density at radius 3 is 2.85 bits per heavy atom. The van der Waals surface area contributed by atoms with E-state index in [2.05, 4.69) is 34.7 Å². The van der Waals surface area contributed by atoms with Crippen LogP contribution >= 0.6 is 24.0 Å². The molecule has 1 aromatic heterocycles. The number of halogens is 1. The molecular weight excluding hydrogens is 457 g/mol. The number of nitrogens with zero attached hydrogens (tertiary/aromatic N) is 1. The topological polar surface area (TPSA) is 68.0 Å². The first-order valence-corrected chi connectivity index (χ1v) is 9.19. The van der Waals surface area contributed by atoms with Crippen LogP contribution in [-0.2, 0) is 19.5 Å². The quantitative estimate of drug-likeness (QED) is 0.354. The van der Waals surface area contributed by atoms with Gasteiger partial charge in [-0.2, -0.15) is 0 Å². The first-order chi connectivity index (χ1) is 12.7. The Balaban J connectivity index is 0.00000261. The van der Waals surface area contributed by atoms with Crippen molar-refractivity contribution in [2.75, 3.05) is 13.2 Å². The molecule has 0 amide bonds. The van der Waals surface area contributed by atoms with Crippen molar-refractivity contribution in [3.05, 3.63) is 47.4 Å². The zero-order valence-corrected chi connectivity index (χ0v) is 18.4. The minimum atomic E-state index is 0. The highest BCUT2D eigenvalue weighted by molar-refractivity contribution is 14.0. The maximum absolute atomic E-state index is 5.88. The van der Waals surface area contributed by atoms with Crippen LogP contribution < -0.4 is 20.1 Å². The molecule has 0 saturated carbocycles. The summed E-state index contributed by atoms with van der Waals surface area (Å²) in [5.74, 6) is 3.43. The van der Waals surface area contributed by atoms with E-state index in [4.69, 9.17) is 13.9 Å². The monoisotopic (exact) mass is 485 g/mol. The van der Waals surface area contributed by atoms with Crippen LogP contribution in [0.4, 0.5) is 0 Å². The average molecular weight is 485 g/mol. The normalized spacial score (nSPS) is 15.5. The summed E-state index contributed by atoms with van der Waals surface area (Å²) in [5, 5.41) is 6.53. The summed E-state index contributed by atoms with van der Waals surface area (Å²) in [7, 11) is 0. The van der Waals surface area contributed by atoms with Gasteiger partial charge in [0, 0.05) is 24.1 Å². The molecule has 7 heteroatoms. The summed E-state index contributed by atoms with van der Waals surface area (Å²) in [6.45, 7) is 8.63. The van der Waals surface area contributed by atoms with E-state index in [-0.39, 0.29) is 30.1 Å². The van der Waals surface area contributed by atoms with Crippen molar-refractivity contribution in [1.82, 2.24) is 10.6 Å². The third kappa shape index (κ3) is 5.79. The number of aliphatic imine (C=N–C) groups is 1. The summed E-state index contributed by atoms with van der Waals surface area (Å²) < 4.78 is 17.1. The first kappa shape index (κ1) is 21.4. The predicted molar refractivity (Wildman–Crippen MR) is 117 cm³/mol. The minimum absolute atomic E-state index is 0. The molecule has 27 heavy (non-hydrogen) atoms. The number of fused-ring (bicyclic) bond motifs is 1.